The lowest BCUT2D eigenvalue weighted by atomic mass is 10.3. The first-order chi connectivity index (χ1) is 7.24. The summed E-state index contributed by atoms with van der Waals surface area (Å²) in [6.07, 6.45) is 1.45. The Bertz CT molecular complexity index is 453. The number of hydrogen-bond donors (Lipinski definition) is 1. The van der Waals surface area contributed by atoms with Crippen molar-refractivity contribution in [2.75, 3.05) is 5.32 Å². The molecule has 2 heterocycles. The summed E-state index contributed by atoms with van der Waals surface area (Å²) in [6.45, 7) is 2.79. The monoisotopic (exact) mass is 222 g/mol. The van der Waals surface area contributed by atoms with E-state index in [1.807, 2.05) is 0 Å². The zero-order valence-electron chi connectivity index (χ0n) is 8.33. The second kappa shape index (κ2) is 4.40. The van der Waals surface area contributed by atoms with Crippen molar-refractivity contribution in [1.29, 1.82) is 0 Å². The van der Waals surface area contributed by atoms with E-state index >= 15 is 0 Å². The van der Waals surface area contributed by atoms with Gasteiger partial charge in [-0.15, -0.1) is 11.3 Å². The summed E-state index contributed by atoms with van der Waals surface area (Å²) in [5, 5.41) is 5.24. The van der Waals surface area contributed by atoms with Crippen molar-refractivity contribution >= 4 is 17.0 Å². The number of rotatable bonds is 3. The molecule has 0 amide bonds. The van der Waals surface area contributed by atoms with E-state index in [1.54, 1.807) is 17.4 Å². The molecule has 0 aliphatic rings. The molecule has 0 aliphatic carbocycles. The van der Waals surface area contributed by atoms with Gasteiger partial charge in [0.2, 0.25) is 5.95 Å². The minimum absolute atomic E-state index is 0.457. The molecule has 0 bridgehead atoms. The Hall–Kier alpha value is -1.42. The van der Waals surface area contributed by atoms with E-state index in [1.165, 1.54) is 22.7 Å². The predicted molar refractivity (Wildman–Crippen MR) is 60.6 cm³/mol. The minimum Gasteiger partial charge on any atom is -0.381 e. The predicted octanol–water partition coefficient (Wildman–Crippen LogP) is 3.20. The quantitative estimate of drug-likeness (QED) is 0.807. The first kappa shape index (κ1) is 10.1. The highest BCUT2D eigenvalue weighted by Crippen LogP contribution is 2.15. The number of halogens is 1. The van der Waals surface area contributed by atoms with Gasteiger partial charge in [0.05, 0.1) is 0 Å². The highest BCUT2D eigenvalue weighted by atomic mass is 32.1. The summed E-state index contributed by atoms with van der Waals surface area (Å²) in [5.74, 6) is -0.457. The van der Waals surface area contributed by atoms with Crippen LogP contribution in [-0.4, -0.2) is 4.98 Å². The van der Waals surface area contributed by atoms with Crippen LogP contribution in [0, 0.1) is 12.9 Å². The smallest absolute Gasteiger partial charge is 0.214 e. The van der Waals surface area contributed by atoms with Crippen molar-refractivity contribution in [2.24, 2.45) is 0 Å². The molecule has 0 atom stereocenters. The Kier molecular flexibility index (Phi) is 2.97. The molecule has 4 heteroatoms. The Morgan fingerprint density at radius 3 is 3.00 bits per heavy atom. The van der Waals surface area contributed by atoms with Gasteiger partial charge in [0.25, 0.3) is 0 Å². The van der Waals surface area contributed by atoms with Gasteiger partial charge in [0, 0.05) is 29.4 Å². The summed E-state index contributed by atoms with van der Waals surface area (Å²) in [6, 6.07) is 5.26. The maximum Gasteiger partial charge on any atom is 0.214 e. The van der Waals surface area contributed by atoms with Crippen LogP contribution in [0.4, 0.5) is 10.1 Å². The van der Waals surface area contributed by atoms with E-state index in [-0.39, 0.29) is 0 Å². The van der Waals surface area contributed by atoms with Gasteiger partial charge in [0.1, 0.15) is 0 Å². The standard InChI is InChI=1S/C11H11FN2S/c1-8-4-9(7-15-8)6-14-10-2-3-13-11(12)5-10/h2-5,7H,6H2,1H3,(H,13,14). The third-order valence-electron chi connectivity index (χ3n) is 2.01. The van der Waals surface area contributed by atoms with Crippen molar-refractivity contribution in [3.8, 4) is 0 Å². The zero-order chi connectivity index (χ0) is 10.7. The lowest BCUT2D eigenvalue weighted by Gasteiger charge is -2.03. The average Bonchev–Trinajstić information content (AvgIpc) is 2.62. The van der Waals surface area contributed by atoms with Gasteiger partial charge in [-0.1, -0.05) is 0 Å². The van der Waals surface area contributed by atoms with Gasteiger partial charge in [-0.05, 0) is 30.0 Å². The van der Waals surface area contributed by atoms with Gasteiger partial charge >= 0.3 is 0 Å². The molecule has 2 aromatic rings. The maximum atomic E-state index is 12.7. The third kappa shape index (κ3) is 2.76. The first-order valence-corrected chi connectivity index (χ1v) is 5.51. The normalized spacial score (nSPS) is 10.3. The van der Waals surface area contributed by atoms with Crippen LogP contribution in [0.2, 0.25) is 0 Å². The molecule has 2 rings (SSSR count). The fraction of sp³-hybridized carbons (Fsp3) is 0.182. The number of aromatic nitrogens is 1. The summed E-state index contributed by atoms with van der Waals surface area (Å²) < 4.78 is 12.7. The molecule has 0 aliphatic heterocycles. The molecule has 78 valence electrons. The van der Waals surface area contributed by atoms with E-state index < -0.39 is 5.95 Å². The summed E-state index contributed by atoms with van der Waals surface area (Å²) in [4.78, 5) is 4.78. The van der Waals surface area contributed by atoms with E-state index in [0.717, 1.165) is 5.69 Å². The number of anilines is 1. The molecule has 0 unspecified atom stereocenters. The van der Waals surface area contributed by atoms with Crippen LogP contribution in [0.3, 0.4) is 0 Å². The largest absolute Gasteiger partial charge is 0.381 e. The molecule has 2 aromatic heterocycles. The highest BCUT2D eigenvalue weighted by molar-refractivity contribution is 7.10. The summed E-state index contributed by atoms with van der Waals surface area (Å²) >= 11 is 1.72. The van der Waals surface area contributed by atoms with Crippen molar-refractivity contribution in [3.05, 3.63) is 46.2 Å². The van der Waals surface area contributed by atoms with Crippen molar-refractivity contribution in [2.45, 2.75) is 13.5 Å². The van der Waals surface area contributed by atoms with E-state index in [2.05, 4.69) is 28.7 Å². The number of thiophene rings is 1. The fourth-order valence-corrected chi connectivity index (χ4v) is 2.02. The van der Waals surface area contributed by atoms with Gasteiger partial charge in [0.15, 0.2) is 0 Å². The van der Waals surface area contributed by atoms with Crippen LogP contribution >= 0.6 is 11.3 Å². The number of nitrogens with zero attached hydrogens (tertiary/aromatic N) is 1. The fourth-order valence-electron chi connectivity index (χ4n) is 1.31. The van der Waals surface area contributed by atoms with Crippen LogP contribution in [0.5, 0.6) is 0 Å². The number of hydrogen-bond acceptors (Lipinski definition) is 3. The lowest BCUT2D eigenvalue weighted by molar-refractivity contribution is 0.584. The Balaban J connectivity index is 1.99. The highest BCUT2D eigenvalue weighted by Gasteiger charge is 1.98. The molecule has 15 heavy (non-hydrogen) atoms. The van der Waals surface area contributed by atoms with Crippen molar-refractivity contribution in [3.63, 3.8) is 0 Å². The molecule has 0 spiro atoms. The zero-order valence-corrected chi connectivity index (χ0v) is 9.14. The van der Waals surface area contributed by atoms with Gasteiger partial charge < -0.3 is 5.32 Å². The van der Waals surface area contributed by atoms with Crippen LogP contribution < -0.4 is 5.32 Å². The molecule has 0 saturated heterocycles. The van der Waals surface area contributed by atoms with Gasteiger partial charge in [-0.2, -0.15) is 4.39 Å². The Morgan fingerprint density at radius 2 is 2.33 bits per heavy atom. The Morgan fingerprint density at radius 1 is 1.47 bits per heavy atom. The van der Waals surface area contributed by atoms with Crippen LogP contribution in [-0.2, 0) is 6.54 Å². The van der Waals surface area contributed by atoms with Crippen LogP contribution in [0.15, 0.2) is 29.8 Å². The Labute approximate surface area is 91.8 Å². The second-order valence-corrected chi connectivity index (χ2v) is 4.40. The van der Waals surface area contributed by atoms with E-state index in [9.17, 15) is 4.39 Å². The summed E-state index contributed by atoms with van der Waals surface area (Å²) in [5.41, 5.74) is 1.97. The molecule has 0 radical (unpaired) electrons. The van der Waals surface area contributed by atoms with Crippen LogP contribution in [0.25, 0.3) is 0 Å². The third-order valence-corrected chi connectivity index (χ3v) is 2.92. The lowest BCUT2D eigenvalue weighted by Crippen LogP contribution is -1.98. The topological polar surface area (TPSA) is 24.9 Å². The van der Waals surface area contributed by atoms with Crippen LogP contribution in [0.1, 0.15) is 10.4 Å². The summed E-state index contributed by atoms with van der Waals surface area (Å²) in [7, 11) is 0. The molecule has 0 fully saturated rings. The average molecular weight is 222 g/mol. The molecule has 0 saturated carbocycles. The van der Waals surface area contributed by atoms with Crippen molar-refractivity contribution in [1.82, 2.24) is 4.98 Å². The molecule has 0 aromatic carbocycles. The number of nitrogens with one attached hydrogen (secondary N) is 1. The van der Waals surface area contributed by atoms with Crippen molar-refractivity contribution < 1.29 is 4.39 Å². The maximum absolute atomic E-state index is 12.7. The van der Waals surface area contributed by atoms with Gasteiger partial charge in [-0.25, -0.2) is 4.98 Å². The number of aryl methyl sites for hydroxylation is 1. The van der Waals surface area contributed by atoms with E-state index in [4.69, 9.17) is 0 Å². The molecular formula is C11H11FN2S. The molecule has 2 nitrogen and oxygen atoms in total. The molecular weight excluding hydrogens is 211 g/mol. The number of pyridine rings is 1. The first-order valence-electron chi connectivity index (χ1n) is 4.63. The second-order valence-electron chi connectivity index (χ2n) is 3.29. The minimum atomic E-state index is -0.457. The van der Waals surface area contributed by atoms with E-state index in [0.29, 0.717) is 6.54 Å². The van der Waals surface area contributed by atoms with Gasteiger partial charge in [-0.3, -0.25) is 0 Å². The SMILES string of the molecule is Cc1cc(CNc2ccnc(F)c2)cs1. The molecule has 1 N–H and O–H groups in total.